The fraction of sp³-hybridized carbons (Fsp3) is 0.739. The molecule has 0 aliphatic carbocycles. The third-order valence-electron chi connectivity index (χ3n) is 6.38. The van der Waals surface area contributed by atoms with Gasteiger partial charge in [0.05, 0.1) is 6.61 Å². The number of rotatable bonds is 8. The largest absolute Gasteiger partial charge is 0.543 e. The second kappa shape index (κ2) is 8.31. The van der Waals surface area contributed by atoms with Crippen molar-refractivity contribution in [2.45, 2.75) is 84.4 Å². The van der Waals surface area contributed by atoms with Crippen LogP contribution in [0.25, 0.3) is 0 Å². The van der Waals surface area contributed by atoms with Crippen molar-refractivity contribution in [3.63, 3.8) is 0 Å². The summed E-state index contributed by atoms with van der Waals surface area (Å²) in [6, 6.07) is 8.01. The third kappa shape index (κ3) is 4.28. The van der Waals surface area contributed by atoms with Gasteiger partial charge in [-0.1, -0.05) is 60.6 Å². The molecule has 29 heavy (non-hydrogen) atoms. The van der Waals surface area contributed by atoms with Crippen LogP contribution in [0.1, 0.15) is 60.5 Å². The van der Waals surface area contributed by atoms with Gasteiger partial charge < -0.3 is 13.9 Å². The van der Waals surface area contributed by atoms with E-state index in [0.29, 0.717) is 13.2 Å². The molecule has 0 bridgehead atoms. The molecule has 2 unspecified atom stereocenters. The van der Waals surface area contributed by atoms with E-state index < -0.39 is 19.7 Å². The minimum Gasteiger partial charge on any atom is -0.543 e. The summed E-state index contributed by atoms with van der Waals surface area (Å²) in [6.45, 7) is 20.7. The first-order valence-electron chi connectivity index (χ1n) is 10.6. The minimum absolute atomic E-state index is 0.112. The third-order valence-corrected chi connectivity index (χ3v) is 10.7. The number of methoxy groups -OCH3 is 1. The van der Waals surface area contributed by atoms with Crippen LogP contribution in [0.2, 0.25) is 18.1 Å². The van der Waals surface area contributed by atoms with Gasteiger partial charge in [0.2, 0.25) is 8.32 Å². The van der Waals surface area contributed by atoms with Gasteiger partial charge in [-0.15, -0.1) is 0 Å². The van der Waals surface area contributed by atoms with Gasteiger partial charge in [-0.05, 0) is 36.7 Å². The Hall–Kier alpha value is -0.923. The van der Waals surface area contributed by atoms with Crippen molar-refractivity contribution in [2.24, 2.45) is 5.41 Å². The van der Waals surface area contributed by atoms with E-state index in [0.717, 1.165) is 17.7 Å². The lowest BCUT2D eigenvalue weighted by Crippen LogP contribution is -2.73. The van der Waals surface area contributed by atoms with Crippen LogP contribution in [-0.2, 0) is 25.0 Å². The van der Waals surface area contributed by atoms with E-state index in [-0.39, 0.29) is 10.5 Å². The van der Waals surface area contributed by atoms with Crippen LogP contribution in [0.3, 0.4) is 0 Å². The van der Waals surface area contributed by atoms with Crippen molar-refractivity contribution in [2.75, 3.05) is 20.3 Å². The maximum absolute atomic E-state index is 6.52. The Kier molecular flexibility index (Phi) is 6.98. The molecule has 0 radical (unpaired) electrons. The molecule has 6 heteroatoms. The highest BCUT2D eigenvalue weighted by atomic mass is 28.4. The van der Waals surface area contributed by atoms with E-state index >= 15 is 0 Å². The first-order chi connectivity index (χ1) is 13.3. The van der Waals surface area contributed by atoms with Gasteiger partial charge in [-0.3, -0.25) is 0 Å². The first kappa shape index (κ1) is 24.3. The molecule has 0 spiro atoms. The van der Waals surface area contributed by atoms with E-state index in [1.54, 1.807) is 7.11 Å². The lowest BCUT2D eigenvalue weighted by Gasteiger charge is -2.60. The van der Waals surface area contributed by atoms with Crippen molar-refractivity contribution in [1.82, 2.24) is 0 Å². The second-order valence-electron chi connectivity index (χ2n) is 10.5. The molecule has 2 rings (SSSR count). The van der Waals surface area contributed by atoms with Crippen molar-refractivity contribution in [1.29, 1.82) is 0 Å². The summed E-state index contributed by atoms with van der Waals surface area (Å²) in [7, 11) is -0.309. The Labute approximate surface area is 178 Å². The Morgan fingerprint density at radius 2 is 1.69 bits per heavy atom. The predicted molar refractivity (Wildman–Crippen MR) is 118 cm³/mol. The highest BCUT2D eigenvalue weighted by molar-refractivity contribution is 6.74. The topological polar surface area (TPSA) is 46.2 Å². The molecule has 1 saturated heterocycles. The molecule has 166 valence electrons. The lowest BCUT2D eigenvalue weighted by molar-refractivity contribution is -0.638. The summed E-state index contributed by atoms with van der Waals surface area (Å²) in [5.74, 6) is -0.232. The van der Waals surface area contributed by atoms with Gasteiger partial charge in [0.15, 0.2) is 5.60 Å². The molecule has 0 aromatic heterocycles. The molecule has 1 aliphatic heterocycles. The van der Waals surface area contributed by atoms with E-state index in [1.165, 1.54) is 0 Å². The first-order valence-corrected chi connectivity index (χ1v) is 13.5. The van der Waals surface area contributed by atoms with Crippen LogP contribution >= 0.6 is 0 Å². The number of hydrogen-bond acceptors (Lipinski definition) is 5. The maximum atomic E-state index is 6.52. The van der Waals surface area contributed by atoms with E-state index in [2.05, 4.69) is 61.6 Å². The second-order valence-corrected chi connectivity index (χ2v) is 15.2. The zero-order valence-electron chi connectivity index (χ0n) is 20.0. The van der Waals surface area contributed by atoms with Crippen LogP contribution in [0.4, 0.5) is 0 Å². The number of ether oxygens (including phenoxy) is 2. The van der Waals surface area contributed by atoms with Crippen LogP contribution in [0.5, 0.6) is 5.75 Å². The molecule has 1 fully saturated rings. The van der Waals surface area contributed by atoms with Crippen LogP contribution in [0.15, 0.2) is 24.3 Å². The van der Waals surface area contributed by atoms with Crippen LogP contribution in [-0.4, -0.2) is 34.2 Å². The molecule has 0 amide bonds. The maximum Gasteiger partial charge on any atom is 0.263 e. The average molecular weight is 425 g/mol. The molecular weight excluding hydrogens is 384 g/mol. The zero-order chi connectivity index (χ0) is 22.1. The molecule has 0 saturated carbocycles. The lowest BCUT2D eigenvalue weighted by atomic mass is 9.68. The Balaban J connectivity index is 2.44. The fourth-order valence-corrected chi connectivity index (χ4v) is 4.36. The van der Waals surface area contributed by atoms with Crippen molar-refractivity contribution >= 4 is 8.32 Å². The summed E-state index contributed by atoms with van der Waals surface area (Å²) in [6.07, 6.45) is 0.941. The fourth-order valence-electron chi connectivity index (χ4n) is 3.34. The number of benzene rings is 1. The predicted octanol–water partition coefficient (Wildman–Crippen LogP) is 6.04. The van der Waals surface area contributed by atoms with Gasteiger partial charge in [0, 0.05) is 24.7 Å². The molecule has 1 heterocycles. The molecule has 5 nitrogen and oxygen atoms in total. The molecule has 1 aliphatic rings. The van der Waals surface area contributed by atoms with Gasteiger partial charge in [0.25, 0.3) is 5.79 Å². The smallest absolute Gasteiger partial charge is 0.263 e. The van der Waals surface area contributed by atoms with E-state index in [9.17, 15) is 0 Å². The summed E-state index contributed by atoms with van der Waals surface area (Å²) in [5, 5.41) is 0.112. The zero-order valence-corrected chi connectivity index (χ0v) is 21.0. The summed E-state index contributed by atoms with van der Waals surface area (Å²) in [5.41, 5.74) is -0.192. The molecular formula is C23H40O5Si. The Morgan fingerprint density at radius 3 is 2.14 bits per heavy atom. The standard InChI is InChI=1S/C23H40O5Si/c1-11-15-25-17-22(20(2,3)4)23(24-8,28-27-22)18-13-12-14-19(16-18)26-29(9,10)21(5,6)7/h12-14,16H,11,15,17H2,1-10H3. The van der Waals surface area contributed by atoms with Crippen LogP contribution < -0.4 is 4.43 Å². The average Bonchev–Trinajstić information content (AvgIpc) is 2.56. The van der Waals surface area contributed by atoms with Gasteiger partial charge in [-0.2, -0.15) is 4.89 Å². The highest BCUT2D eigenvalue weighted by Crippen LogP contribution is 2.58. The van der Waals surface area contributed by atoms with Gasteiger partial charge in [0.1, 0.15) is 5.75 Å². The Morgan fingerprint density at radius 1 is 1.03 bits per heavy atom. The van der Waals surface area contributed by atoms with Gasteiger partial charge >= 0.3 is 0 Å². The highest BCUT2D eigenvalue weighted by Gasteiger charge is 2.72. The van der Waals surface area contributed by atoms with Gasteiger partial charge in [-0.25, -0.2) is 4.89 Å². The quantitative estimate of drug-likeness (QED) is 0.289. The number of hydrogen-bond donors (Lipinski definition) is 0. The SMILES string of the molecule is CCCOCC1(C(C)(C)C)OOC1(OC)c1cccc(O[Si](C)(C)C(C)(C)C)c1. The summed E-state index contributed by atoms with van der Waals surface area (Å²) < 4.78 is 18.5. The molecule has 1 aromatic rings. The van der Waals surface area contributed by atoms with Crippen LogP contribution in [0, 0.1) is 5.41 Å². The monoisotopic (exact) mass is 424 g/mol. The molecule has 0 N–H and O–H groups in total. The van der Waals surface area contributed by atoms with Crippen molar-refractivity contribution < 1.29 is 23.7 Å². The van der Waals surface area contributed by atoms with E-state index in [4.69, 9.17) is 23.7 Å². The Bertz CT molecular complexity index is 687. The van der Waals surface area contributed by atoms with Crippen molar-refractivity contribution in [3.05, 3.63) is 29.8 Å². The minimum atomic E-state index is -1.97. The summed E-state index contributed by atoms with van der Waals surface area (Å²) >= 11 is 0. The molecule has 1 aromatic carbocycles. The normalized spacial score (nSPS) is 25.6. The van der Waals surface area contributed by atoms with E-state index in [1.807, 2.05) is 24.3 Å². The molecule has 2 atom stereocenters. The summed E-state index contributed by atoms with van der Waals surface area (Å²) in [4.78, 5) is 11.5. The van der Waals surface area contributed by atoms with Crippen molar-refractivity contribution in [3.8, 4) is 5.75 Å².